The standard InChI is InChI=1S/C32H43NO4/c1-27(2)11-13-32(26(36)37-8)14-12-31(7)24(20(32)17-27)21(34)15-23-29(5)16-19(18-33)25(35)28(3,4)22(29)9-10-30(23,31)6/h15-16,20,22,24H,9-14,17H2,1-8H3/t20-,22-,24-,29-,30+,31+,32-/m0/s1/i3D3,4D3. The average Bonchev–Trinajstić information content (AvgIpc) is 2.88. The third-order valence-electron chi connectivity index (χ3n) is 11.9. The summed E-state index contributed by atoms with van der Waals surface area (Å²) in [5.74, 6) is -3.53. The third-order valence-corrected chi connectivity index (χ3v) is 11.9. The van der Waals surface area contributed by atoms with Crippen LogP contribution in [0.4, 0.5) is 0 Å². The van der Waals surface area contributed by atoms with Crippen molar-refractivity contribution < 1.29 is 27.3 Å². The lowest BCUT2D eigenvalue weighted by Gasteiger charge is -2.68. The van der Waals surface area contributed by atoms with Crippen LogP contribution in [0.1, 0.15) is 101 Å². The quantitative estimate of drug-likeness (QED) is 0.381. The molecule has 0 amide bonds. The second-order valence-electron chi connectivity index (χ2n) is 14.0. The summed E-state index contributed by atoms with van der Waals surface area (Å²) in [6.07, 6.45) is 6.78. The van der Waals surface area contributed by atoms with E-state index >= 15 is 0 Å². The minimum absolute atomic E-state index is 0.0809. The smallest absolute Gasteiger partial charge is 0.312 e. The lowest BCUT2D eigenvalue weighted by Crippen LogP contribution is -2.65. The van der Waals surface area contributed by atoms with Crippen LogP contribution in [0, 0.1) is 61.6 Å². The number of esters is 1. The summed E-state index contributed by atoms with van der Waals surface area (Å²) in [6, 6.07) is 1.81. The molecule has 0 unspecified atom stereocenters. The number of methoxy groups -OCH3 is 1. The van der Waals surface area contributed by atoms with Crippen molar-refractivity contribution >= 4 is 17.5 Å². The normalized spacial score (nSPS) is 48.7. The van der Waals surface area contributed by atoms with E-state index in [1.807, 2.05) is 6.07 Å². The predicted octanol–water partition coefficient (Wildman–Crippen LogP) is 6.38. The minimum atomic E-state index is -3.23. The Hall–Kier alpha value is -2.22. The Labute approximate surface area is 230 Å². The van der Waals surface area contributed by atoms with Gasteiger partial charge in [-0.3, -0.25) is 14.4 Å². The number of hydrogen-bond acceptors (Lipinski definition) is 5. The minimum Gasteiger partial charge on any atom is -0.469 e. The molecule has 3 fully saturated rings. The molecule has 37 heavy (non-hydrogen) atoms. The van der Waals surface area contributed by atoms with E-state index in [1.165, 1.54) is 13.2 Å². The van der Waals surface area contributed by atoms with Gasteiger partial charge in [-0.25, -0.2) is 0 Å². The number of nitriles is 1. The fourth-order valence-electron chi connectivity index (χ4n) is 9.61. The third kappa shape index (κ3) is 3.11. The summed E-state index contributed by atoms with van der Waals surface area (Å²) < 4.78 is 56.0. The largest absolute Gasteiger partial charge is 0.469 e. The van der Waals surface area contributed by atoms with E-state index in [1.54, 1.807) is 13.0 Å². The number of Topliss-reactive ketones (excluding diaryl/α,β-unsaturated/α-hetero) is 1. The maximum absolute atomic E-state index is 14.5. The first-order valence-electron chi connectivity index (χ1n) is 16.6. The van der Waals surface area contributed by atoms with Crippen molar-refractivity contribution in [1.29, 1.82) is 5.26 Å². The van der Waals surface area contributed by atoms with Gasteiger partial charge in [0.2, 0.25) is 0 Å². The van der Waals surface area contributed by atoms with Gasteiger partial charge >= 0.3 is 5.97 Å². The van der Waals surface area contributed by atoms with E-state index in [9.17, 15) is 19.6 Å². The van der Waals surface area contributed by atoms with Gasteiger partial charge < -0.3 is 4.74 Å². The van der Waals surface area contributed by atoms with Gasteiger partial charge in [-0.1, -0.05) is 60.0 Å². The Morgan fingerprint density at radius 3 is 2.38 bits per heavy atom. The Bertz CT molecular complexity index is 1390. The molecule has 0 heterocycles. The predicted molar refractivity (Wildman–Crippen MR) is 141 cm³/mol. The van der Waals surface area contributed by atoms with E-state index in [-0.39, 0.29) is 29.5 Å². The number of rotatable bonds is 1. The first kappa shape index (κ1) is 19.8. The molecule has 0 aliphatic heterocycles. The zero-order chi connectivity index (χ0) is 32.4. The summed E-state index contributed by atoms with van der Waals surface area (Å²) in [5, 5.41) is 10.0. The van der Waals surface area contributed by atoms with E-state index in [0.29, 0.717) is 37.7 Å². The lowest BCUT2D eigenvalue weighted by atomic mass is 9.34. The van der Waals surface area contributed by atoms with E-state index < -0.39 is 64.0 Å². The highest BCUT2D eigenvalue weighted by atomic mass is 16.5. The van der Waals surface area contributed by atoms with Gasteiger partial charge in [0.25, 0.3) is 0 Å². The fourth-order valence-corrected chi connectivity index (χ4v) is 9.61. The Balaban J connectivity index is 1.76. The van der Waals surface area contributed by atoms with Crippen LogP contribution in [0.5, 0.6) is 0 Å². The molecule has 7 atom stereocenters. The topological polar surface area (TPSA) is 84.2 Å². The van der Waals surface area contributed by atoms with Crippen LogP contribution >= 0.6 is 0 Å². The van der Waals surface area contributed by atoms with Crippen LogP contribution in [-0.4, -0.2) is 24.6 Å². The van der Waals surface area contributed by atoms with Crippen LogP contribution in [-0.2, 0) is 19.1 Å². The van der Waals surface area contributed by atoms with Gasteiger partial charge in [-0.15, -0.1) is 0 Å². The monoisotopic (exact) mass is 511 g/mol. The molecule has 0 aromatic rings. The SMILES string of the molecule is [2H]C([2H])([2H])C1(C([2H])([2H])[2H])C(=O)C(C#N)=C[C@]2(C)C3=CC(=O)[C@@H]4[C@@H]5CC(C)(C)CC[C@]5(C(=O)OC)CC[C@@]4(C)[C@]3(C)CC[C@@H]12. The summed E-state index contributed by atoms with van der Waals surface area (Å²) in [5.41, 5.74) is -6.20. The Morgan fingerprint density at radius 1 is 1.08 bits per heavy atom. The molecule has 5 aliphatic rings. The molecule has 3 saturated carbocycles. The Morgan fingerprint density at radius 2 is 1.76 bits per heavy atom. The number of ether oxygens (including phenoxy) is 1. The highest BCUT2D eigenvalue weighted by Gasteiger charge is 2.71. The molecule has 0 aromatic carbocycles. The first-order valence-corrected chi connectivity index (χ1v) is 13.6. The van der Waals surface area contributed by atoms with Gasteiger partial charge in [0.05, 0.1) is 18.1 Å². The number of ketones is 2. The molecule has 0 spiro atoms. The van der Waals surface area contributed by atoms with Gasteiger partial charge in [-0.2, -0.15) is 5.26 Å². The number of nitrogens with zero attached hydrogens (tertiary/aromatic N) is 1. The lowest BCUT2D eigenvalue weighted by molar-refractivity contribution is -0.191. The van der Waals surface area contributed by atoms with Gasteiger partial charge in [0.1, 0.15) is 6.07 Å². The van der Waals surface area contributed by atoms with Gasteiger partial charge in [-0.05, 0) is 79.1 Å². The Kier molecular flexibility index (Phi) is 4.10. The molecule has 0 saturated heterocycles. The van der Waals surface area contributed by atoms with Crippen molar-refractivity contribution in [3.05, 3.63) is 23.3 Å². The number of hydrogen-bond donors (Lipinski definition) is 0. The number of fused-ring (bicyclic) bond motifs is 7. The molecule has 5 aliphatic carbocycles. The molecule has 0 aromatic heterocycles. The zero-order valence-electron chi connectivity index (χ0n) is 28.9. The van der Waals surface area contributed by atoms with Crippen LogP contribution in [0.3, 0.4) is 0 Å². The van der Waals surface area contributed by atoms with Crippen molar-refractivity contribution in [3.8, 4) is 6.07 Å². The van der Waals surface area contributed by atoms with Crippen LogP contribution in [0.25, 0.3) is 0 Å². The van der Waals surface area contributed by atoms with Crippen molar-refractivity contribution in [3.63, 3.8) is 0 Å². The summed E-state index contributed by atoms with van der Waals surface area (Å²) in [4.78, 5) is 41.8. The second-order valence-corrected chi connectivity index (χ2v) is 14.0. The number of allylic oxidation sites excluding steroid dienone is 4. The van der Waals surface area contributed by atoms with E-state index in [0.717, 1.165) is 6.42 Å². The molecule has 5 heteroatoms. The van der Waals surface area contributed by atoms with Crippen LogP contribution in [0.15, 0.2) is 23.3 Å². The molecule has 200 valence electrons. The average molecular weight is 512 g/mol. The van der Waals surface area contributed by atoms with Crippen molar-refractivity contribution in [2.75, 3.05) is 7.11 Å². The maximum Gasteiger partial charge on any atom is 0.312 e. The summed E-state index contributed by atoms with van der Waals surface area (Å²) in [6.45, 7) is 3.75. The molecule has 0 radical (unpaired) electrons. The van der Waals surface area contributed by atoms with Gasteiger partial charge in [0.15, 0.2) is 11.6 Å². The van der Waals surface area contributed by atoms with Gasteiger partial charge in [0, 0.05) is 25.0 Å². The molecular weight excluding hydrogens is 462 g/mol. The second kappa shape index (κ2) is 7.67. The molecule has 0 bridgehead atoms. The van der Waals surface area contributed by atoms with E-state index in [4.69, 9.17) is 13.0 Å². The van der Waals surface area contributed by atoms with Crippen LogP contribution < -0.4 is 0 Å². The summed E-state index contributed by atoms with van der Waals surface area (Å²) in [7, 11) is 1.40. The van der Waals surface area contributed by atoms with Crippen molar-refractivity contribution in [2.45, 2.75) is 93.3 Å². The van der Waals surface area contributed by atoms with E-state index in [2.05, 4.69) is 27.7 Å². The van der Waals surface area contributed by atoms with Crippen LogP contribution in [0.2, 0.25) is 0 Å². The first-order chi connectivity index (χ1) is 19.5. The van der Waals surface area contributed by atoms with Crippen molar-refractivity contribution in [1.82, 2.24) is 0 Å². The highest BCUT2D eigenvalue weighted by molar-refractivity contribution is 6.04. The molecule has 5 rings (SSSR count). The van der Waals surface area contributed by atoms with Crippen molar-refractivity contribution in [2.24, 2.45) is 50.2 Å². The molecular formula is C32H43NO4. The highest BCUT2D eigenvalue weighted by Crippen LogP contribution is 2.74. The fraction of sp³-hybridized carbons (Fsp3) is 0.750. The molecule has 0 N–H and O–H groups in total. The number of carbonyl (C=O) groups is 3. The molecule has 5 nitrogen and oxygen atoms in total. The maximum atomic E-state index is 14.5. The number of carbonyl (C=O) groups excluding carboxylic acids is 3. The summed E-state index contributed by atoms with van der Waals surface area (Å²) >= 11 is 0. The zero-order valence-corrected chi connectivity index (χ0v) is 22.9.